The van der Waals surface area contributed by atoms with Gasteiger partial charge in [-0.25, -0.2) is 4.79 Å². The third-order valence-electron chi connectivity index (χ3n) is 1.82. The van der Waals surface area contributed by atoms with Crippen LogP contribution in [0.15, 0.2) is 15.7 Å². The molecular weight excluding hydrogens is 188 g/mol. The van der Waals surface area contributed by atoms with Crippen molar-refractivity contribution in [3.05, 3.63) is 38.2 Å². The van der Waals surface area contributed by atoms with Gasteiger partial charge in [-0.2, -0.15) is 0 Å². The highest BCUT2D eigenvalue weighted by atomic mass is 16.2. The number of ketones is 2. The molecule has 0 saturated carbocycles. The monoisotopic (exact) mass is 192 g/mol. The molecule has 1 aromatic rings. The quantitative estimate of drug-likeness (QED) is 0.506. The maximum atomic E-state index is 11.2. The third kappa shape index (κ3) is 1.05. The first-order chi connectivity index (χ1) is 6.59. The van der Waals surface area contributed by atoms with Gasteiger partial charge in [-0.1, -0.05) is 0 Å². The molecule has 6 heteroatoms. The van der Waals surface area contributed by atoms with Crippen LogP contribution in [0.3, 0.4) is 0 Å². The van der Waals surface area contributed by atoms with Gasteiger partial charge in [-0.15, -0.1) is 0 Å². The summed E-state index contributed by atoms with van der Waals surface area (Å²) in [4.78, 5) is 48.2. The molecule has 1 heterocycles. The second-order valence-corrected chi connectivity index (χ2v) is 2.72. The van der Waals surface area contributed by atoms with Gasteiger partial charge in [-0.3, -0.25) is 19.4 Å². The Morgan fingerprint density at radius 2 is 1.64 bits per heavy atom. The van der Waals surface area contributed by atoms with Gasteiger partial charge in [0.2, 0.25) is 11.6 Å². The molecule has 6 nitrogen and oxygen atoms in total. The lowest BCUT2D eigenvalue weighted by atomic mass is 10.0. The first kappa shape index (κ1) is 8.36. The van der Waals surface area contributed by atoms with E-state index in [-0.39, 0.29) is 11.3 Å². The highest BCUT2D eigenvalue weighted by molar-refractivity contribution is 6.49. The minimum absolute atomic E-state index is 0.0725. The zero-order valence-electron chi connectivity index (χ0n) is 6.79. The second-order valence-electron chi connectivity index (χ2n) is 2.72. The molecule has 0 spiro atoms. The maximum Gasteiger partial charge on any atom is 0.326 e. The fourth-order valence-corrected chi connectivity index (χ4v) is 1.21. The molecule has 1 aliphatic rings. The van der Waals surface area contributed by atoms with Crippen molar-refractivity contribution >= 4 is 17.6 Å². The number of carbonyl (C=O) groups is 2. The summed E-state index contributed by atoms with van der Waals surface area (Å²) in [6.45, 7) is 0. The Labute approximate surface area is 76.3 Å². The Morgan fingerprint density at radius 3 is 2.36 bits per heavy atom. The summed E-state index contributed by atoms with van der Waals surface area (Å²) in [6, 6.07) is 0. The Bertz CT molecular complexity index is 576. The van der Waals surface area contributed by atoms with Crippen LogP contribution in [0.5, 0.6) is 0 Å². The Morgan fingerprint density at radius 1 is 0.929 bits per heavy atom. The van der Waals surface area contributed by atoms with Gasteiger partial charge in [-0.05, 0) is 12.2 Å². The summed E-state index contributed by atoms with van der Waals surface area (Å²) in [7, 11) is 0. The van der Waals surface area contributed by atoms with Crippen molar-refractivity contribution in [3.63, 3.8) is 0 Å². The molecule has 0 radical (unpaired) electrons. The number of allylic oxidation sites excluding steroid dienone is 1. The lowest BCUT2D eigenvalue weighted by Crippen LogP contribution is -2.33. The molecule has 14 heavy (non-hydrogen) atoms. The number of fused-ring (bicyclic) bond motifs is 1. The van der Waals surface area contributed by atoms with E-state index in [0.29, 0.717) is 0 Å². The predicted octanol–water partition coefficient (Wildman–Crippen LogP) is -1.16. The molecule has 2 N–H and O–H groups in total. The average molecular weight is 192 g/mol. The molecule has 0 unspecified atom stereocenters. The smallest absolute Gasteiger partial charge is 0.307 e. The van der Waals surface area contributed by atoms with Gasteiger partial charge < -0.3 is 4.98 Å². The minimum Gasteiger partial charge on any atom is -0.307 e. The van der Waals surface area contributed by atoms with E-state index < -0.39 is 22.8 Å². The van der Waals surface area contributed by atoms with Gasteiger partial charge in [0.1, 0.15) is 5.56 Å². The molecule has 2 rings (SSSR count). The van der Waals surface area contributed by atoms with Crippen LogP contribution >= 0.6 is 0 Å². The van der Waals surface area contributed by atoms with Gasteiger partial charge in [0.05, 0.1) is 5.69 Å². The second kappa shape index (κ2) is 2.63. The van der Waals surface area contributed by atoms with E-state index >= 15 is 0 Å². The van der Waals surface area contributed by atoms with Crippen molar-refractivity contribution in [1.82, 2.24) is 9.97 Å². The molecule has 0 amide bonds. The first-order valence-corrected chi connectivity index (χ1v) is 3.73. The Kier molecular flexibility index (Phi) is 1.57. The molecule has 0 aromatic carbocycles. The Balaban J connectivity index is 2.88. The number of carbonyl (C=O) groups excluding carboxylic acids is 2. The summed E-state index contributed by atoms with van der Waals surface area (Å²) < 4.78 is 0. The van der Waals surface area contributed by atoms with E-state index in [1.165, 1.54) is 6.08 Å². The van der Waals surface area contributed by atoms with E-state index in [4.69, 9.17) is 0 Å². The molecule has 0 aliphatic heterocycles. The predicted molar refractivity (Wildman–Crippen MR) is 46.1 cm³/mol. The average Bonchev–Trinajstić information content (AvgIpc) is 2.10. The van der Waals surface area contributed by atoms with E-state index in [9.17, 15) is 19.2 Å². The lowest BCUT2D eigenvalue weighted by molar-refractivity contribution is -0.110. The molecule has 0 bridgehead atoms. The highest BCUT2D eigenvalue weighted by Gasteiger charge is 2.24. The number of nitrogens with one attached hydrogen (secondary N) is 2. The van der Waals surface area contributed by atoms with Gasteiger partial charge in [0.25, 0.3) is 5.56 Å². The van der Waals surface area contributed by atoms with Gasteiger partial charge in [0.15, 0.2) is 0 Å². The van der Waals surface area contributed by atoms with Gasteiger partial charge in [0, 0.05) is 0 Å². The number of Topliss-reactive ketones (excluding diaryl/α,β-unsaturated/α-hetero) is 1. The van der Waals surface area contributed by atoms with E-state index in [0.717, 1.165) is 6.08 Å². The maximum absolute atomic E-state index is 11.2. The summed E-state index contributed by atoms with van der Waals surface area (Å²) >= 11 is 0. The number of hydrogen-bond donors (Lipinski definition) is 2. The summed E-state index contributed by atoms with van der Waals surface area (Å²) in [5, 5.41) is 0. The number of aromatic amines is 2. The van der Waals surface area contributed by atoms with Crippen LogP contribution in [-0.4, -0.2) is 21.5 Å². The molecule has 1 aliphatic carbocycles. The fraction of sp³-hybridized carbons (Fsp3) is 0. The zero-order chi connectivity index (χ0) is 10.3. The zero-order valence-corrected chi connectivity index (χ0v) is 6.79. The van der Waals surface area contributed by atoms with Crippen molar-refractivity contribution in [2.75, 3.05) is 0 Å². The summed E-state index contributed by atoms with van der Waals surface area (Å²) in [6.07, 6.45) is 2.25. The summed E-state index contributed by atoms with van der Waals surface area (Å²) in [5.41, 5.74) is -1.78. The van der Waals surface area contributed by atoms with Crippen LogP contribution in [0, 0.1) is 0 Å². The van der Waals surface area contributed by atoms with Crippen molar-refractivity contribution in [2.45, 2.75) is 0 Å². The molecular formula is C8H4N2O4. The number of H-pyrrole nitrogens is 2. The van der Waals surface area contributed by atoms with Crippen molar-refractivity contribution in [1.29, 1.82) is 0 Å². The molecule has 0 saturated heterocycles. The van der Waals surface area contributed by atoms with Crippen molar-refractivity contribution in [3.8, 4) is 0 Å². The molecule has 0 fully saturated rings. The SMILES string of the molecule is O=C1C=Cc2[nH]c(=O)[nH]c(=O)c2C1=O. The van der Waals surface area contributed by atoms with E-state index in [1.807, 2.05) is 4.98 Å². The van der Waals surface area contributed by atoms with Crippen molar-refractivity contribution < 1.29 is 9.59 Å². The third-order valence-corrected chi connectivity index (χ3v) is 1.82. The topological polar surface area (TPSA) is 99.9 Å². The fourth-order valence-electron chi connectivity index (χ4n) is 1.21. The summed E-state index contributed by atoms with van der Waals surface area (Å²) in [5.74, 6) is -1.67. The standard InChI is InChI=1S/C8H4N2O4/c11-4-2-1-3-5(6(4)12)7(13)10-8(14)9-3/h1-2H,(H2,9,10,13,14). The van der Waals surface area contributed by atoms with E-state index in [2.05, 4.69) is 4.98 Å². The Hall–Kier alpha value is -2.24. The van der Waals surface area contributed by atoms with Crippen LogP contribution in [0.2, 0.25) is 0 Å². The number of hydrogen-bond acceptors (Lipinski definition) is 4. The largest absolute Gasteiger partial charge is 0.326 e. The van der Waals surface area contributed by atoms with Crippen LogP contribution in [0.1, 0.15) is 16.1 Å². The highest BCUT2D eigenvalue weighted by Crippen LogP contribution is 2.08. The van der Waals surface area contributed by atoms with Crippen LogP contribution in [0.25, 0.3) is 6.08 Å². The van der Waals surface area contributed by atoms with Crippen LogP contribution in [-0.2, 0) is 4.79 Å². The molecule has 70 valence electrons. The molecule has 0 atom stereocenters. The van der Waals surface area contributed by atoms with E-state index in [1.54, 1.807) is 0 Å². The van der Waals surface area contributed by atoms with Crippen LogP contribution in [0.4, 0.5) is 0 Å². The van der Waals surface area contributed by atoms with Crippen LogP contribution < -0.4 is 11.2 Å². The lowest BCUT2D eigenvalue weighted by Gasteiger charge is -2.04. The van der Waals surface area contributed by atoms with Crippen molar-refractivity contribution in [2.24, 2.45) is 0 Å². The number of rotatable bonds is 0. The van der Waals surface area contributed by atoms with Gasteiger partial charge >= 0.3 is 5.69 Å². The minimum atomic E-state index is -0.903. The first-order valence-electron chi connectivity index (χ1n) is 3.73. The normalized spacial score (nSPS) is 14.3. The number of aromatic nitrogens is 2. The molecule has 1 aromatic heterocycles.